The Morgan fingerprint density at radius 2 is 2.22 bits per heavy atom. The highest BCUT2D eigenvalue weighted by Gasteiger charge is 2.10. The highest BCUT2D eigenvalue weighted by molar-refractivity contribution is 14.1. The summed E-state index contributed by atoms with van der Waals surface area (Å²) in [6.07, 6.45) is 3.11. The molecule has 1 heterocycles. The number of carbonyl (C=O) groups excluding carboxylic acids is 1. The van der Waals surface area contributed by atoms with E-state index in [0.717, 1.165) is 13.7 Å². The number of nitrogens with zero attached hydrogens (tertiary/aromatic N) is 2. The Kier molecular flexibility index (Phi) is 4.65. The number of aromatic nitrogens is 2. The molecule has 0 saturated heterocycles. The Balaban J connectivity index is 2.06. The first-order valence-electron chi connectivity index (χ1n) is 5.15. The van der Waals surface area contributed by atoms with Gasteiger partial charge in [0.05, 0.1) is 17.8 Å². The number of carbonyl (C=O) groups is 1. The Labute approximate surface area is 126 Å². The van der Waals surface area contributed by atoms with Gasteiger partial charge < -0.3 is 5.32 Å². The van der Waals surface area contributed by atoms with Gasteiger partial charge in [-0.2, -0.15) is 0 Å². The fourth-order valence-electron chi connectivity index (χ4n) is 1.36. The molecule has 0 saturated carbocycles. The Morgan fingerprint density at radius 1 is 1.39 bits per heavy atom. The van der Waals surface area contributed by atoms with Crippen LogP contribution in [0, 0.1) is 3.57 Å². The van der Waals surface area contributed by atoms with Crippen molar-refractivity contribution in [3.8, 4) is 0 Å². The van der Waals surface area contributed by atoms with Crippen molar-refractivity contribution < 1.29 is 4.79 Å². The van der Waals surface area contributed by atoms with Crippen LogP contribution in [-0.2, 0) is 6.54 Å². The third-order valence-corrected chi connectivity index (χ3v) is 3.61. The summed E-state index contributed by atoms with van der Waals surface area (Å²) in [7, 11) is 0. The molecule has 4 nitrogen and oxygen atoms in total. The molecule has 1 amide bonds. The highest BCUT2D eigenvalue weighted by Crippen LogP contribution is 2.19. The van der Waals surface area contributed by atoms with Gasteiger partial charge in [-0.1, -0.05) is 0 Å². The summed E-state index contributed by atoms with van der Waals surface area (Å²) in [6.45, 7) is 0.388. The predicted molar refractivity (Wildman–Crippen MR) is 80.1 cm³/mol. The van der Waals surface area contributed by atoms with Crippen LogP contribution >= 0.6 is 38.5 Å². The van der Waals surface area contributed by atoms with E-state index in [0.29, 0.717) is 12.1 Å². The second-order valence-corrected chi connectivity index (χ2v) is 5.61. The first kappa shape index (κ1) is 13.4. The van der Waals surface area contributed by atoms with Crippen molar-refractivity contribution in [3.63, 3.8) is 0 Å². The first-order valence-corrected chi connectivity index (χ1v) is 7.02. The molecule has 0 fully saturated rings. The van der Waals surface area contributed by atoms with Crippen LogP contribution < -0.4 is 5.32 Å². The third-order valence-electron chi connectivity index (χ3n) is 2.25. The predicted octanol–water partition coefficient (Wildman–Crippen LogP) is 2.77. The minimum Gasteiger partial charge on any atom is -0.346 e. The second-order valence-electron chi connectivity index (χ2n) is 3.51. The third kappa shape index (κ3) is 3.49. The summed E-state index contributed by atoms with van der Waals surface area (Å²) in [5.41, 5.74) is 1.40. The molecular weight excluding hydrogens is 409 g/mol. The summed E-state index contributed by atoms with van der Waals surface area (Å²) < 4.78 is 1.80. The Hall–Kier alpha value is -1.02. The minimum absolute atomic E-state index is 0.126. The van der Waals surface area contributed by atoms with Gasteiger partial charge in [0, 0.05) is 14.2 Å². The van der Waals surface area contributed by atoms with Gasteiger partial charge in [-0.05, 0) is 62.8 Å². The normalized spacial score (nSPS) is 10.1. The zero-order valence-electron chi connectivity index (χ0n) is 9.23. The molecule has 1 aromatic heterocycles. The summed E-state index contributed by atoms with van der Waals surface area (Å²) in [5, 5.41) is 2.82. The molecular formula is C12H9BrIN3O. The van der Waals surface area contributed by atoms with E-state index in [1.54, 1.807) is 12.3 Å². The van der Waals surface area contributed by atoms with E-state index in [4.69, 9.17) is 0 Å². The smallest absolute Gasteiger partial charge is 0.252 e. The maximum atomic E-state index is 12.0. The van der Waals surface area contributed by atoms with Crippen LogP contribution in [-0.4, -0.2) is 15.9 Å². The summed E-state index contributed by atoms with van der Waals surface area (Å²) in [5.74, 6) is -0.126. The molecule has 0 spiro atoms. The average Bonchev–Trinajstić information content (AvgIpc) is 2.40. The summed E-state index contributed by atoms with van der Waals surface area (Å²) in [6, 6.07) is 7.40. The average molecular weight is 418 g/mol. The van der Waals surface area contributed by atoms with Crippen LogP contribution in [0.5, 0.6) is 0 Å². The van der Waals surface area contributed by atoms with Crippen molar-refractivity contribution in [2.24, 2.45) is 0 Å². The van der Waals surface area contributed by atoms with E-state index in [9.17, 15) is 4.79 Å². The molecule has 0 aliphatic carbocycles. The molecule has 0 unspecified atom stereocenters. The van der Waals surface area contributed by atoms with Crippen LogP contribution in [0.15, 0.2) is 41.3 Å². The second kappa shape index (κ2) is 6.24. The summed E-state index contributed by atoms with van der Waals surface area (Å²) >= 11 is 5.54. The Morgan fingerprint density at radius 3 is 2.94 bits per heavy atom. The van der Waals surface area contributed by atoms with Gasteiger partial charge >= 0.3 is 0 Å². The number of hydrogen-bond donors (Lipinski definition) is 1. The van der Waals surface area contributed by atoms with E-state index in [2.05, 4.69) is 53.8 Å². The maximum absolute atomic E-state index is 12.0. The standard InChI is InChI=1S/C12H9BrIN3O/c13-11-2-1-8(14)5-10(11)12(18)16-6-9-3-4-15-7-17-9/h1-5,7H,6H2,(H,16,18). The molecule has 18 heavy (non-hydrogen) atoms. The fraction of sp³-hybridized carbons (Fsp3) is 0.0833. The van der Waals surface area contributed by atoms with E-state index in [1.165, 1.54) is 6.33 Å². The zero-order chi connectivity index (χ0) is 13.0. The molecule has 0 aliphatic rings. The minimum atomic E-state index is -0.126. The van der Waals surface area contributed by atoms with Crippen molar-refractivity contribution in [2.75, 3.05) is 0 Å². The van der Waals surface area contributed by atoms with Gasteiger partial charge in [0.15, 0.2) is 0 Å². The molecule has 1 aromatic carbocycles. The van der Waals surface area contributed by atoms with Crippen molar-refractivity contribution in [1.29, 1.82) is 0 Å². The fourth-order valence-corrected chi connectivity index (χ4v) is 2.28. The van der Waals surface area contributed by atoms with Gasteiger partial charge in [0.25, 0.3) is 5.91 Å². The van der Waals surface area contributed by atoms with Crippen molar-refractivity contribution in [3.05, 3.63) is 56.1 Å². The highest BCUT2D eigenvalue weighted by atomic mass is 127. The van der Waals surface area contributed by atoms with E-state index < -0.39 is 0 Å². The monoisotopic (exact) mass is 417 g/mol. The number of rotatable bonds is 3. The quantitative estimate of drug-likeness (QED) is 0.781. The van der Waals surface area contributed by atoms with Crippen LogP contribution in [0.4, 0.5) is 0 Å². The molecule has 0 radical (unpaired) electrons. The lowest BCUT2D eigenvalue weighted by atomic mass is 10.2. The number of halogens is 2. The van der Waals surface area contributed by atoms with E-state index in [1.807, 2.05) is 18.2 Å². The number of amides is 1. The van der Waals surface area contributed by atoms with Gasteiger partial charge in [-0.3, -0.25) is 4.79 Å². The first-order chi connectivity index (χ1) is 8.66. The largest absolute Gasteiger partial charge is 0.346 e. The molecule has 0 bridgehead atoms. The zero-order valence-corrected chi connectivity index (χ0v) is 13.0. The van der Waals surface area contributed by atoms with Crippen molar-refractivity contribution >= 4 is 44.4 Å². The van der Waals surface area contributed by atoms with Crippen LogP contribution in [0.2, 0.25) is 0 Å². The molecule has 6 heteroatoms. The number of hydrogen-bond acceptors (Lipinski definition) is 3. The van der Waals surface area contributed by atoms with Crippen molar-refractivity contribution in [1.82, 2.24) is 15.3 Å². The summed E-state index contributed by atoms with van der Waals surface area (Å²) in [4.78, 5) is 19.9. The van der Waals surface area contributed by atoms with E-state index >= 15 is 0 Å². The SMILES string of the molecule is O=C(NCc1ccncn1)c1cc(I)ccc1Br. The maximum Gasteiger partial charge on any atom is 0.252 e. The lowest BCUT2D eigenvalue weighted by molar-refractivity contribution is 0.0949. The number of nitrogens with one attached hydrogen (secondary N) is 1. The van der Waals surface area contributed by atoms with Crippen molar-refractivity contribution in [2.45, 2.75) is 6.54 Å². The Bertz CT molecular complexity index is 563. The molecule has 2 aromatic rings. The van der Waals surface area contributed by atoms with Gasteiger partial charge in [-0.25, -0.2) is 9.97 Å². The number of benzene rings is 1. The lowest BCUT2D eigenvalue weighted by Crippen LogP contribution is -2.23. The van der Waals surface area contributed by atoms with Gasteiger partial charge in [0.2, 0.25) is 0 Å². The molecule has 0 atom stereocenters. The van der Waals surface area contributed by atoms with Crippen LogP contribution in [0.3, 0.4) is 0 Å². The van der Waals surface area contributed by atoms with Crippen LogP contribution in [0.25, 0.3) is 0 Å². The van der Waals surface area contributed by atoms with E-state index in [-0.39, 0.29) is 5.91 Å². The van der Waals surface area contributed by atoms with Gasteiger partial charge in [-0.15, -0.1) is 0 Å². The lowest BCUT2D eigenvalue weighted by Gasteiger charge is -2.06. The molecule has 2 rings (SSSR count). The molecule has 0 aliphatic heterocycles. The molecule has 92 valence electrons. The topological polar surface area (TPSA) is 54.9 Å². The van der Waals surface area contributed by atoms with Gasteiger partial charge in [0.1, 0.15) is 6.33 Å². The van der Waals surface area contributed by atoms with Crippen LogP contribution in [0.1, 0.15) is 16.1 Å². The molecule has 1 N–H and O–H groups in total.